The molecule has 0 fully saturated rings. The molecule has 2 aromatic rings. The van der Waals surface area contributed by atoms with Crippen LogP contribution in [-0.2, 0) is 4.79 Å². The van der Waals surface area contributed by atoms with Crippen molar-refractivity contribution in [2.75, 3.05) is 5.75 Å². The van der Waals surface area contributed by atoms with Crippen molar-refractivity contribution in [2.24, 2.45) is 5.92 Å². The molecule has 0 aliphatic heterocycles. The van der Waals surface area contributed by atoms with Gasteiger partial charge in [0, 0.05) is 4.90 Å². The van der Waals surface area contributed by atoms with Crippen LogP contribution in [0, 0.1) is 5.92 Å². The number of rotatable bonds is 10. The number of esters is 1. The van der Waals surface area contributed by atoms with E-state index in [0.717, 1.165) is 11.1 Å². The number of ether oxygens (including phenoxy) is 1. The first-order chi connectivity index (χ1) is 13.0. The van der Waals surface area contributed by atoms with Crippen LogP contribution in [0.4, 0.5) is 0 Å². The second kappa shape index (κ2) is 11.4. The minimum atomic E-state index is -0.628. The predicted octanol–water partition coefficient (Wildman–Crippen LogP) is 7.19. The molecule has 4 heteroatoms. The number of benzene rings is 2. The molecular formula is C23H29ClO2S. The van der Waals surface area contributed by atoms with E-state index in [1.54, 1.807) is 0 Å². The number of unbranched alkanes of at least 4 members (excludes halogenated alkanes) is 3. The highest BCUT2D eigenvalue weighted by atomic mass is 35.5. The molecule has 1 atom stereocenters. The highest BCUT2D eigenvalue weighted by Gasteiger charge is 2.21. The molecule has 0 amide bonds. The van der Waals surface area contributed by atoms with Gasteiger partial charge in [0.15, 0.2) is 0 Å². The molecule has 0 aliphatic rings. The number of carbonyl (C=O) groups excluding carboxylic acids is 1. The largest absolute Gasteiger partial charge is 0.425 e. The van der Waals surface area contributed by atoms with E-state index in [1.807, 2.05) is 49.9 Å². The number of halogens is 1. The lowest BCUT2D eigenvalue weighted by atomic mass is 10.1. The van der Waals surface area contributed by atoms with Crippen molar-refractivity contribution in [2.45, 2.75) is 56.7 Å². The molecule has 2 aromatic carbocycles. The Bertz CT molecular complexity index is 695. The Kier molecular flexibility index (Phi) is 9.23. The Morgan fingerprint density at radius 3 is 2.11 bits per heavy atom. The highest BCUT2D eigenvalue weighted by molar-refractivity contribution is 7.99. The van der Waals surface area contributed by atoms with E-state index in [0.29, 0.717) is 5.75 Å². The van der Waals surface area contributed by atoms with Gasteiger partial charge < -0.3 is 4.74 Å². The summed E-state index contributed by atoms with van der Waals surface area (Å²) in [6, 6.07) is 16.2. The summed E-state index contributed by atoms with van der Waals surface area (Å²) >= 11 is 7.96. The second-order valence-electron chi connectivity index (χ2n) is 7.02. The summed E-state index contributed by atoms with van der Waals surface area (Å²) in [5.41, 5.74) is 2.25. The first kappa shape index (κ1) is 21.8. The van der Waals surface area contributed by atoms with Gasteiger partial charge in [0.25, 0.3) is 0 Å². The second-order valence-corrected chi connectivity index (χ2v) is 8.66. The summed E-state index contributed by atoms with van der Waals surface area (Å²) < 4.78 is 5.35. The lowest BCUT2D eigenvalue weighted by Gasteiger charge is -2.12. The molecule has 27 heavy (non-hydrogen) atoms. The van der Waals surface area contributed by atoms with Gasteiger partial charge in [0.05, 0.1) is 0 Å². The van der Waals surface area contributed by atoms with Gasteiger partial charge in [-0.25, -0.2) is 0 Å². The minimum Gasteiger partial charge on any atom is -0.425 e. The van der Waals surface area contributed by atoms with E-state index in [4.69, 9.17) is 16.3 Å². The first-order valence-electron chi connectivity index (χ1n) is 9.70. The molecule has 0 aliphatic carbocycles. The van der Waals surface area contributed by atoms with Crippen LogP contribution >= 0.6 is 23.4 Å². The summed E-state index contributed by atoms with van der Waals surface area (Å²) in [6.45, 7) is 6.03. The van der Waals surface area contributed by atoms with Gasteiger partial charge in [-0.2, -0.15) is 0 Å². The van der Waals surface area contributed by atoms with Crippen molar-refractivity contribution in [1.29, 1.82) is 0 Å². The van der Waals surface area contributed by atoms with Crippen molar-refractivity contribution < 1.29 is 9.53 Å². The molecule has 0 saturated carbocycles. The van der Waals surface area contributed by atoms with Crippen LogP contribution in [0.1, 0.15) is 46.5 Å². The van der Waals surface area contributed by atoms with Gasteiger partial charge in [-0.15, -0.1) is 23.4 Å². The van der Waals surface area contributed by atoms with Crippen LogP contribution in [-0.4, -0.2) is 17.1 Å². The maximum Gasteiger partial charge on any atom is 0.329 e. The van der Waals surface area contributed by atoms with Gasteiger partial charge in [0.2, 0.25) is 0 Å². The molecule has 0 unspecified atom stereocenters. The molecule has 146 valence electrons. The Morgan fingerprint density at radius 1 is 0.963 bits per heavy atom. The quantitative estimate of drug-likeness (QED) is 0.138. The third-order valence-electron chi connectivity index (χ3n) is 4.34. The standard InChI is InChI=1S/C23H29ClO2S/c1-4-5-6-7-16-27-21-14-10-19(11-15-21)18-8-12-20(13-9-18)26-23(25)22(24)17(2)3/h8-15,17,22H,4-7,16H2,1-3H3/t22-/m0/s1. The Labute approximate surface area is 172 Å². The van der Waals surface area contributed by atoms with Gasteiger partial charge >= 0.3 is 5.97 Å². The zero-order chi connectivity index (χ0) is 19.6. The van der Waals surface area contributed by atoms with Gasteiger partial charge in [-0.05, 0) is 53.5 Å². The summed E-state index contributed by atoms with van der Waals surface area (Å²) in [7, 11) is 0. The van der Waals surface area contributed by atoms with Crippen molar-refractivity contribution in [3.8, 4) is 16.9 Å². The van der Waals surface area contributed by atoms with E-state index < -0.39 is 11.3 Å². The normalized spacial score (nSPS) is 12.2. The van der Waals surface area contributed by atoms with Gasteiger partial charge in [-0.1, -0.05) is 64.3 Å². The molecule has 0 heterocycles. The Balaban J connectivity index is 1.90. The zero-order valence-corrected chi connectivity index (χ0v) is 18.0. The van der Waals surface area contributed by atoms with Crippen LogP contribution in [0.3, 0.4) is 0 Å². The van der Waals surface area contributed by atoms with Crippen molar-refractivity contribution in [1.82, 2.24) is 0 Å². The van der Waals surface area contributed by atoms with Crippen LogP contribution in [0.15, 0.2) is 53.4 Å². The third-order valence-corrected chi connectivity index (χ3v) is 6.12. The molecule has 0 bridgehead atoms. The molecule has 0 aromatic heterocycles. The first-order valence-corrected chi connectivity index (χ1v) is 11.1. The Morgan fingerprint density at radius 2 is 1.56 bits per heavy atom. The molecular weight excluding hydrogens is 376 g/mol. The number of hydrogen-bond acceptors (Lipinski definition) is 3. The van der Waals surface area contributed by atoms with Crippen LogP contribution in [0.2, 0.25) is 0 Å². The smallest absolute Gasteiger partial charge is 0.329 e. The monoisotopic (exact) mass is 404 g/mol. The molecule has 0 saturated heterocycles. The molecule has 0 radical (unpaired) electrons. The van der Waals surface area contributed by atoms with Gasteiger partial charge in [-0.3, -0.25) is 4.79 Å². The van der Waals surface area contributed by atoms with E-state index in [2.05, 4.69) is 31.2 Å². The van der Waals surface area contributed by atoms with Crippen LogP contribution in [0.5, 0.6) is 5.75 Å². The molecule has 2 nitrogen and oxygen atoms in total. The van der Waals surface area contributed by atoms with Crippen molar-refractivity contribution in [3.63, 3.8) is 0 Å². The minimum absolute atomic E-state index is 0.0430. The maximum atomic E-state index is 11.9. The topological polar surface area (TPSA) is 26.3 Å². The van der Waals surface area contributed by atoms with Crippen molar-refractivity contribution in [3.05, 3.63) is 48.5 Å². The highest BCUT2D eigenvalue weighted by Crippen LogP contribution is 2.27. The van der Waals surface area contributed by atoms with E-state index in [-0.39, 0.29) is 5.92 Å². The molecule has 0 N–H and O–H groups in total. The van der Waals surface area contributed by atoms with Crippen molar-refractivity contribution >= 4 is 29.3 Å². The SMILES string of the molecule is CCCCCCSc1ccc(-c2ccc(OC(=O)[C@@H](Cl)C(C)C)cc2)cc1. The van der Waals surface area contributed by atoms with E-state index in [9.17, 15) is 4.79 Å². The fraction of sp³-hybridized carbons (Fsp3) is 0.435. The van der Waals surface area contributed by atoms with Gasteiger partial charge in [0.1, 0.15) is 11.1 Å². The lowest BCUT2D eigenvalue weighted by Crippen LogP contribution is -2.25. The average molecular weight is 405 g/mol. The molecule has 0 spiro atoms. The summed E-state index contributed by atoms with van der Waals surface area (Å²) in [5.74, 6) is 1.34. The molecule has 2 rings (SSSR count). The number of thioether (sulfide) groups is 1. The van der Waals surface area contributed by atoms with Crippen LogP contribution < -0.4 is 4.74 Å². The number of carbonyl (C=O) groups is 1. The maximum absolute atomic E-state index is 11.9. The van der Waals surface area contributed by atoms with E-state index >= 15 is 0 Å². The lowest BCUT2D eigenvalue weighted by molar-refractivity contribution is -0.134. The fourth-order valence-corrected chi connectivity index (χ4v) is 3.58. The third kappa shape index (κ3) is 7.23. The summed E-state index contributed by atoms with van der Waals surface area (Å²) in [4.78, 5) is 13.2. The summed E-state index contributed by atoms with van der Waals surface area (Å²) in [6.07, 6.45) is 5.20. The predicted molar refractivity (Wildman–Crippen MR) is 117 cm³/mol. The van der Waals surface area contributed by atoms with Crippen LogP contribution in [0.25, 0.3) is 11.1 Å². The number of alkyl halides is 1. The van der Waals surface area contributed by atoms with E-state index in [1.165, 1.54) is 36.3 Å². The number of hydrogen-bond donors (Lipinski definition) is 0. The average Bonchev–Trinajstić information content (AvgIpc) is 2.68. The summed E-state index contributed by atoms with van der Waals surface area (Å²) in [5, 5.41) is -0.628. The Hall–Kier alpha value is -1.45. The zero-order valence-electron chi connectivity index (χ0n) is 16.4. The fourth-order valence-electron chi connectivity index (χ4n) is 2.62.